The molecule has 25 heavy (non-hydrogen) atoms. The zero-order valence-electron chi connectivity index (χ0n) is 14.5. The molecule has 3 aromatic rings. The Morgan fingerprint density at radius 3 is 2.84 bits per heavy atom. The number of piperidine rings is 1. The highest BCUT2D eigenvalue weighted by atomic mass is 16.2. The van der Waals surface area contributed by atoms with Gasteiger partial charge < -0.3 is 9.88 Å². The predicted molar refractivity (Wildman–Crippen MR) is 95.2 cm³/mol. The molecule has 1 N–H and O–H groups in total. The number of nitrogens with one attached hydrogen (secondary N) is 1. The van der Waals surface area contributed by atoms with Crippen LogP contribution in [0.15, 0.2) is 30.7 Å². The maximum Gasteiger partial charge on any atom is 0.274 e. The van der Waals surface area contributed by atoms with Crippen molar-refractivity contribution in [1.29, 1.82) is 0 Å². The minimum atomic E-state index is -0.0781. The Bertz CT molecular complexity index is 879. The summed E-state index contributed by atoms with van der Waals surface area (Å²) >= 11 is 0. The van der Waals surface area contributed by atoms with E-state index >= 15 is 0 Å². The van der Waals surface area contributed by atoms with Gasteiger partial charge in [0.05, 0.1) is 23.3 Å². The van der Waals surface area contributed by atoms with Gasteiger partial charge in [0.1, 0.15) is 11.5 Å². The second-order valence-electron chi connectivity index (χ2n) is 6.68. The molecule has 1 aliphatic heterocycles. The molecular weight excluding hydrogens is 314 g/mol. The van der Waals surface area contributed by atoms with E-state index in [9.17, 15) is 4.79 Å². The molecule has 4 rings (SSSR count). The van der Waals surface area contributed by atoms with Crippen molar-refractivity contribution in [2.24, 2.45) is 0 Å². The first-order valence-corrected chi connectivity index (χ1v) is 8.67. The van der Waals surface area contributed by atoms with Gasteiger partial charge in [0.2, 0.25) is 0 Å². The number of carbonyl (C=O) groups excluding carboxylic acids is 1. The number of aromatic nitrogens is 4. The van der Waals surface area contributed by atoms with E-state index in [-0.39, 0.29) is 11.9 Å². The van der Waals surface area contributed by atoms with Crippen LogP contribution in [0.5, 0.6) is 0 Å². The maximum atomic E-state index is 12.9. The van der Waals surface area contributed by atoms with Crippen molar-refractivity contribution in [3.8, 4) is 0 Å². The number of H-pyrrole nitrogens is 1. The standard InChI is InChI=1S/C19H21N5O/c1-12-9-14-15(10-13(12)2)23-18(22-14)17-5-3-4-8-24(17)19(25)16-11-20-6-7-21-16/h6-7,9-11,17H,3-5,8H2,1-2H3,(H,22,23). The van der Waals surface area contributed by atoms with Crippen molar-refractivity contribution in [3.63, 3.8) is 0 Å². The van der Waals surface area contributed by atoms with Gasteiger partial charge in [-0.3, -0.25) is 9.78 Å². The van der Waals surface area contributed by atoms with Crippen molar-refractivity contribution < 1.29 is 4.79 Å². The Morgan fingerprint density at radius 2 is 2.04 bits per heavy atom. The van der Waals surface area contributed by atoms with Crippen LogP contribution < -0.4 is 0 Å². The molecule has 1 aliphatic rings. The smallest absolute Gasteiger partial charge is 0.274 e. The number of nitrogens with zero attached hydrogens (tertiary/aromatic N) is 4. The number of amides is 1. The number of likely N-dealkylation sites (tertiary alicyclic amines) is 1. The van der Waals surface area contributed by atoms with Crippen LogP contribution in [0.3, 0.4) is 0 Å². The Balaban J connectivity index is 1.70. The van der Waals surface area contributed by atoms with E-state index in [1.165, 1.54) is 17.3 Å². The minimum Gasteiger partial charge on any atom is -0.340 e. The average molecular weight is 335 g/mol. The van der Waals surface area contributed by atoms with Crippen LogP contribution >= 0.6 is 0 Å². The summed E-state index contributed by atoms with van der Waals surface area (Å²) < 4.78 is 0. The molecule has 0 bridgehead atoms. The van der Waals surface area contributed by atoms with Crippen molar-refractivity contribution in [3.05, 3.63) is 53.4 Å². The number of imidazole rings is 1. The van der Waals surface area contributed by atoms with Crippen LogP contribution in [0.2, 0.25) is 0 Å². The van der Waals surface area contributed by atoms with E-state index in [2.05, 4.69) is 40.9 Å². The summed E-state index contributed by atoms with van der Waals surface area (Å²) in [5.74, 6) is 0.780. The molecule has 1 atom stereocenters. The molecule has 128 valence electrons. The number of hydrogen-bond donors (Lipinski definition) is 1. The normalized spacial score (nSPS) is 17.8. The third-order valence-corrected chi connectivity index (χ3v) is 4.98. The lowest BCUT2D eigenvalue weighted by molar-refractivity contribution is 0.0594. The van der Waals surface area contributed by atoms with Gasteiger partial charge in [-0.05, 0) is 56.4 Å². The Morgan fingerprint density at radius 1 is 1.20 bits per heavy atom. The summed E-state index contributed by atoms with van der Waals surface area (Å²) in [6, 6.07) is 4.18. The van der Waals surface area contributed by atoms with E-state index in [1.54, 1.807) is 12.4 Å². The largest absolute Gasteiger partial charge is 0.340 e. The number of hydrogen-bond acceptors (Lipinski definition) is 4. The van der Waals surface area contributed by atoms with Gasteiger partial charge in [-0.15, -0.1) is 0 Å². The molecule has 1 fully saturated rings. The van der Waals surface area contributed by atoms with Gasteiger partial charge in [-0.2, -0.15) is 0 Å². The molecular formula is C19H21N5O. The van der Waals surface area contributed by atoms with E-state index in [1.807, 2.05) is 4.90 Å². The van der Waals surface area contributed by atoms with E-state index in [0.29, 0.717) is 5.69 Å². The van der Waals surface area contributed by atoms with Crippen molar-refractivity contribution >= 4 is 16.9 Å². The van der Waals surface area contributed by atoms with Gasteiger partial charge in [0.25, 0.3) is 5.91 Å². The first-order valence-electron chi connectivity index (χ1n) is 8.67. The molecule has 0 aliphatic carbocycles. The van der Waals surface area contributed by atoms with Crippen LogP contribution in [0.25, 0.3) is 11.0 Å². The summed E-state index contributed by atoms with van der Waals surface area (Å²) in [7, 11) is 0. The summed E-state index contributed by atoms with van der Waals surface area (Å²) in [4.78, 5) is 31.2. The molecule has 6 heteroatoms. The third-order valence-electron chi connectivity index (χ3n) is 4.98. The molecule has 1 aromatic carbocycles. The summed E-state index contributed by atoms with van der Waals surface area (Å²) in [6.45, 7) is 4.91. The van der Waals surface area contributed by atoms with Gasteiger partial charge in [0, 0.05) is 18.9 Å². The molecule has 1 saturated heterocycles. The van der Waals surface area contributed by atoms with E-state index in [0.717, 1.165) is 42.7 Å². The van der Waals surface area contributed by atoms with Gasteiger partial charge >= 0.3 is 0 Å². The number of carbonyl (C=O) groups is 1. The van der Waals surface area contributed by atoms with Gasteiger partial charge in [-0.25, -0.2) is 9.97 Å². The average Bonchev–Trinajstić information content (AvgIpc) is 3.05. The summed E-state index contributed by atoms with van der Waals surface area (Å²) in [5, 5.41) is 0. The molecule has 0 saturated carbocycles. The first kappa shape index (κ1) is 15.7. The molecule has 2 aromatic heterocycles. The van der Waals surface area contributed by atoms with Crippen LogP contribution in [-0.2, 0) is 0 Å². The quantitative estimate of drug-likeness (QED) is 0.779. The Kier molecular flexibility index (Phi) is 3.95. The minimum absolute atomic E-state index is 0.0451. The lowest BCUT2D eigenvalue weighted by Crippen LogP contribution is -2.39. The lowest BCUT2D eigenvalue weighted by Gasteiger charge is -2.34. The van der Waals surface area contributed by atoms with Crippen LogP contribution in [0.1, 0.15) is 52.7 Å². The highest BCUT2D eigenvalue weighted by Crippen LogP contribution is 2.31. The lowest BCUT2D eigenvalue weighted by atomic mass is 10.0. The fourth-order valence-corrected chi connectivity index (χ4v) is 3.46. The number of benzene rings is 1. The van der Waals surface area contributed by atoms with Gasteiger partial charge in [0.15, 0.2) is 0 Å². The van der Waals surface area contributed by atoms with Crippen LogP contribution in [-0.4, -0.2) is 37.3 Å². The molecule has 0 spiro atoms. The Labute approximate surface area is 146 Å². The van der Waals surface area contributed by atoms with Crippen LogP contribution in [0, 0.1) is 13.8 Å². The summed E-state index contributed by atoms with van der Waals surface area (Å²) in [5.41, 5.74) is 4.82. The highest BCUT2D eigenvalue weighted by molar-refractivity contribution is 5.92. The van der Waals surface area contributed by atoms with Crippen molar-refractivity contribution in [2.45, 2.75) is 39.2 Å². The van der Waals surface area contributed by atoms with E-state index in [4.69, 9.17) is 4.98 Å². The number of aryl methyl sites for hydroxylation is 2. The molecule has 1 amide bonds. The van der Waals surface area contributed by atoms with Crippen molar-refractivity contribution in [1.82, 2.24) is 24.8 Å². The number of rotatable bonds is 2. The fraction of sp³-hybridized carbons (Fsp3) is 0.368. The number of fused-ring (bicyclic) bond motifs is 1. The first-order chi connectivity index (χ1) is 12.1. The van der Waals surface area contributed by atoms with Gasteiger partial charge in [-0.1, -0.05) is 0 Å². The van der Waals surface area contributed by atoms with Crippen LogP contribution in [0.4, 0.5) is 0 Å². The second kappa shape index (κ2) is 6.27. The summed E-state index contributed by atoms with van der Waals surface area (Å²) in [6.07, 6.45) is 7.65. The predicted octanol–water partition coefficient (Wildman–Crippen LogP) is 3.34. The number of aromatic amines is 1. The third kappa shape index (κ3) is 2.88. The topological polar surface area (TPSA) is 74.8 Å². The molecule has 3 heterocycles. The Hall–Kier alpha value is -2.76. The zero-order chi connectivity index (χ0) is 17.4. The molecule has 1 unspecified atom stereocenters. The fourth-order valence-electron chi connectivity index (χ4n) is 3.46. The SMILES string of the molecule is Cc1cc2nc(C3CCCCN3C(=O)c3cnccn3)[nH]c2cc1C. The molecule has 6 nitrogen and oxygen atoms in total. The van der Waals surface area contributed by atoms with E-state index < -0.39 is 0 Å². The molecule has 0 radical (unpaired) electrons. The monoisotopic (exact) mass is 335 g/mol. The second-order valence-corrected chi connectivity index (χ2v) is 6.68. The highest BCUT2D eigenvalue weighted by Gasteiger charge is 2.31. The van der Waals surface area contributed by atoms with Crippen molar-refractivity contribution in [2.75, 3.05) is 6.54 Å². The zero-order valence-corrected chi connectivity index (χ0v) is 14.5. The maximum absolute atomic E-state index is 12.9.